The van der Waals surface area contributed by atoms with Gasteiger partial charge in [0, 0.05) is 43.7 Å². The summed E-state index contributed by atoms with van der Waals surface area (Å²) in [6.45, 7) is 2.77. The highest BCUT2D eigenvalue weighted by atomic mass is 35.5. The van der Waals surface area contributed by atoms with Gasteiger partial charge in [-0.2, -0.15) is 0 Å². The number of piperidine rings is 1. The number of hydrogen-bond acceptors (Lipinski definition) is 5. The van der Waals surface area contributed by atoms with Gasteiger partial charge in [0.2, 0.25) is 0 Å². The van der Waals surface area contributed by atoms with Gasteiger partial charge in [0.05, 0.1) is 5.02 Å². The largest absolute Gasteiger partial charge is 0.337 e. The predicted octanol–water partition coefficient (Wildman–Crippen LogP) is 5.35. The minimum absolute atomic E-state index is 0. The summed E-state index contributed by atoms with van der Waals surface area (Å²) < 4.78 is 13.3. The van der Waals surface area contributed by atoms with Crippen LogP contribution >= 0.6 is 35.3 Å². The van der Waals surface area contributed by atoms with E-state index in [-0.39, 0.29) is 34.9 Å². The van der Waals surface area contributed by atoms with Crippen molar-refractivity contribution in [3.63, 3.8) is 0 Å². The molecule has 1 aromatic heterocycles. The summed E-state index contributed by atoms with van der Waals surface area (Å²) in [5.74, 6) is -1.23. The number of rotatable bonds is 6. The van der Waals surface area contributed by atoms with Crippen molar-refractivity contribution in [2.45, 2.75) is 25.4 Å². The second kappa shape index (κ2) is 11.8. The van der Waals surface area contributed by atoms with Crippen molar-refractivity contribution in [2.75, 3.05) is 25.5 Å². The Bertz CT molecular complexity index is 1140. The zero-order valence-electron chi connectivity index (χ0n) is 18.5. The summed E-state index contributed by atoms with van der Waals surface area (Å²) >= 11 is 6.91. The van der Waals surface area contributed by atoms with Crippen molar-refractivity contribution in [1.82, 2.24) is 14.8 Å². The van der Waals surface area contributed by atoms with Crippen molar-refractivity contribution in [2.24, 2.45) is 0 Å². The second-order valence-electron chi connectivity index (χ2n) is 8.03. The molecule has 1 aliphatic rings. The molecule has 2 heterocycles. The number of hydrogen-bond donors (Lipinski definition) is 1. The van der Waals surface area contributed by atoms with Gasteiger partial charge in [-0.25, -0.2) is 9.37 Å². The summed E-state index contributed by atoms with van der Waals surface area (Å²) in [4.78, 5) is 33.8. The summed E-state index contributed by atoms with van der Waals surface area (Å²) in [6.07, 6.45) is 1.79. The Kier molecular flexibility index (Phi) is 9.02. The standard InChI is InChI=1S/C24H24ClFN4O2S.ClH/c1-29(18-9-11-30(12-10-18)14-16-5-3-2-4-6-16)23(32)21-15-33-24(27-21)28-22(31)17-7-8-20(26)19(25)13-17;/h2-8,13,15,18H,9-12,14H2,1H3,(H,27,28,31);1H. The average molecular weight is 523 g/mol. The molecule has 10 heteroatoms. The molecule has 2 aromatic carbocycles. The molecular weight excluding hydrogens is 498 g/mol. The molecule has 0 atom stereocenters. The fourth-order valence-corrected chi connectivity index (χ4v) is 4.75. The fraction of sp³-hybridized carbons (Fsp3) is 0.292. The van der Waals surface area contributed by atoms with Gasteiger partial charge < -0.3 is 4.90 Å². The number of carbonyl (C=O) groups excluding carboxylic acids is 2. The van der Waals surface area contributed by atoms with Crippen LogP contribution in [0, 0.1) is 5.82 Å². The van der Waals surface area contributed by atoms with Crippen LogP contribution in [0.2, 0.25) is 5.02 Å². The molecule has 1 fully saturated rings. The molecule has 0 bridgehead atoms. The van der Waals surface area contributed by atoms with Crippen LogP contribution in [-0.4, -0.2) is 52.8 Å². The maximum Gasteiger partial charge on any atom is 0.273 e. The van der Waals surface area contributed by atoms with Crippen LogP contribution < -0.4 is 5.32 Å². The smallest absolute Gasteiger partial charge is 0.273 e. The Hall–Kier alpha value is -2.52. The van der Waals surface area contributed by atoms with Gasteiger partial charge in [-0.15, -0.1) is 23.7 Å². The lowest BCUT2D eigenvalue weighted by atomic mass is 10.0. The number of amides is 2. The van der Waals surface area contributed by atoms with E-state index in [1.54, 1.807) is 17.3 Å². The molecule has 34 heavy (non-hydrogen) atoms. The van der Waals surface area contributed by atoms with Crippen molar-refractivity contribution in [1.29, 1.82) is 0 Å². The number of likely N-dealkylation sites (tertiary alicyclic amines) is 1. The first kappa shape index (κ1) is 26.1. The zero-order valence-corrected chi connectivity index (χ0v) is 20.9. The van der Waals surface area contributed by atoms with Crippen molar-refractivity contribution < 1.29 is 14.0 Å². The molecular formula is C24H25Cl2FN4O2S. The van der Waals surface area contributed by atoms with Crippen molar-refractivity contribution in [3.8, 4) is 0 Å². The third-order valence-corrected chi connectivity index (χ3v) is 6.85. The molecule has 1 saturated heterocycles. The Morgan fingerprint density at radius 2 is 1.91 bits per heavy atom. The summed E-state index contributed by atoms with van der Waals surface area (Å²) in [5.41, 5.74) is 1.80. The van der Waals surface area contributed by atoms with Gasteiger partial charge in [0.15, 0.2) is 5.13 Å². The van der Waals surface area contributed by atoms with E-state index < -0.39 is 11.7 Å². The van der Waals surface area contributed by atoms with Crippen LogP contribution in [0.15, 0.2) is 53.9 Å². The number of anilines is 1. The molecule has 4 rings (SSSR count). The maximum absolute atomic E-state index is 13.3. The first-order chi connectivity index (χ1) is 15.9. The number of aromatic nitrogens is 1. The van der Waals surface area contributed by atoms with Crippen LogP contribution in [0.3, 0.4) is 0 Å². The average Bonchev–Trinajstić information content (AvgIpc) is 3.29. The van der Waals surface area contributed by atoms with Crippen LogP contribution in [0.25, 0.3) is 0 Å². The Balaban J connectivity index is 0.00000324. The lowest BCUT2D eigenvalue weighted by Crippen LogP contribution is -2.45. The van der Waals surface area contributed by atoms with Crippen LogP contribution in [-0.2, 0) is 6.54 Å². The van der Waals surface area contributed by atoms with E-state index in [1.807, 2.05) is 18.2 Å². The van der Waals surface area contributed by atoms with Gasteiger partial charge in [-0.3, -0.25) is 19.8 Å². The summed E-state index contributed by atoms with van der Waals surface area (Å²) in [7, 11) is 1.80. The quantitative estimate of drug-likeness (QED) is 0.474. The Morgan fingerprint density at radius 1 is 1.21 bits per heavy atom. The zero-order chi connectivity index (χ0) is 23.4. The molecule has 2 amide bonds. The van der Waals surface area contributed by atoms with Crippen molar-refractivity contribution in [3.05, 3.63) is 81.6 Å². The summed E-state index contributed by atoms with van der Waals surface area (Å²) in [5, 5.41) is 4.44. The van der Waals surface area contributed by atoms with E-state index in [0.717, 1.165) is 38.5 Å². The van der Waals surface area contributed by atoms with E-state index in [2.05, 4.69) is 27.3 Å². The topological polar surface area (TPSA) is 65.5 Å². The molecule has 1 N–H and O–H groups in total. The number of carbonyl (C=O) groups is 2. The molecule has 1 aliphatic heterocycles. The molecule has 0 aliphatic carbocycles. The first-order valence-corrected chi connectivity index (χ1v) is 11.9. The number of benzene rings is 2. The molecule has 0 radical (unpaired) electrons. The van der Waals surface area contributed by atoms with Gasteiger partial charge in [-0.05, 0) is 36.6 Å². The summed E-state index contributed by atoms with van der Waals surface area (Å²) in [6, 6.07) is 14.2. The molecule has 3 aromatic rings. The number of nitrogens with zero attached hydrogens (tertiary/aromatic N) is 3. The molecule has 0 spiro atoms. The minimum atomic E-state index is -0.593. The van der Waals surface area contributed by atoms with E-state index in [9.17, 15) is 14.0 Å². The van der Waals surface area contributed by atoms with Gasteiger partial charge >= 0.3 is 0 Å². The lowest BCUT2D eigenvalue weighted by Gasteiger charge is -2.36. The van der Waals surface area contributed by atoms with Crippen LogP contribution in [0.1, 0.15) is 39.3 Å². The SMILES string of the molecule is CN(C(=O)c1csc(NC(=O)c2ccc(F)c(Cl)c2)n1)C1CCN(Cc2ccccc2)CC1.Cl. The van der Waals surface area contributed by atoms with E-state index in [1.165, 1.54) is 29.0 Å². The highest BCUT2D eigenvalue weighted by molar-refractivity contribution is 7.14. The third kappa shape index (κ3) is 6.33. The van der Waals surface area contributed by atoms with Gasteiger partial charge in [0.25, 0.3) is 11.8 Å². The maximum atomic E-state index is 13.3. The number of thiazole rings is 1. The predicted molar refractivity (Wildman–Crippen MR) is 136 cm³/mol. The molecule has 6 nitrogen and oxygen atoms in total. The third-order valence-electron chi connectivity index (χ3n) is 5.80. The Labute approximate surface area is 213 Å². The van der Waals surface area contributed by atoms with Gasteiger partial charge in [-0.1, -0.05) is 41.9 Å². The number of nitrogens with one attached hydrogen (secondary N) is 1. The molecule has 180 valence electrons. The highest BCUT2D eigenvalue weighted by Crippen LogP contribution is 2.23. The highest BCUT2D eigenvalue weighted by Gasteiger charge is 2.27. The van der Waals surface area contributed by atoms with Crippen LogP contribution in [0.5, 0.6) is 0 Å². The Morgan fingerprint density at radius 3 is 2.59 bits per heavy atom. The van der Waals surface area contributed by atoms with Gasteiger partial charge in [0.1, 0.15) is 11.5 Å². The molecule has 0 unspecified atom stereocenters. The minimum Gasteiger partial charge on any atom is -0.337 e. The lowest BCUT2D eigenvalue weighted by molar-refractivity contribution is 0.0631. The second-order valence-corrected chi connectivity index (χ2v) is 9.30. The molecule has 0 saturated carbocycles. The first-order valence-electron chi connectivity index (χ1n) is 10.7. The normalized spacial score (nSPS) is 14.3. The van der Waals surface area contributed by atoms with Crippen molar-refractivity contribution >= 4 is 52.3 Å². The van der Waals surface area contributed by atoms with E-state index in [4.69, 9.17) is 11.6 Å². The fourth-order valence-electron chi connectivity index (χ4n) is 3.89. The monoisotopic (exact) mass is 522 g/mol. The van der Waals surface area contributed by atoms with E-state index in [0.29, 0.717) is 10.8 Å². The van der Waals surface area contributed by atoms with Crippen LogP contribution in [0.4, 0.5) is 9.52 Å². The van der Waals surface area contributed by atoms with E-state index >= 15 is 0 Å². The number of halogens is 3.